The lowest BCUT2D eigenvalue weighted by Crippen LogP contribution is -2.30. The first-order chi connectivity index (χ1) is 15.1. The van der Waals surface area contributed by atoms with Crippen LogP contribution in [0.25, 0.3) is 0 Å². The molecule has 3 aromatic carbocycles. The van der Waals surface area contributed by atoms with Crippen molar-refractivity contribution < 1.29 is 19.1 Å². The fourth-order valence-corrected chi connectivity index (χ4v) is 4.51. The molecule has 0 fully saturated rings. The van der Waals surface area contributed by atoms with E-state index in [1.165, 1.54) is 48.5 Å². The molecule has 0 saturated heterocycles. The summed E-state index contributed by atoms with van der Waals surface area (Å²) in [4.78, 5) is 26.1. The lowest BCUT2D eigenvalue weighted by atomic mass is 9.99. The van der Waals surface area contributed by atoms with Gasteiger partial charge in [0, 0.05) is 15.1 Å². The van der Waals surface area contributed by atoms with Crippen LogP contribution in [0, 0.1) is 0 Å². The summed E-state index contributed by atoms with van der Waals surface area (Å²) in [5.41, 5.74) is 0.229. The van der Waals surface area contributed by atoms with Crippen molar-refractivity contribution in [3.8, 4) is 11.5 Å². The van der Waals surface area contributed by atoms with Crippen LogP contribution in [0.5, 0.6) is 11.5 Å². The molecule has 11 heteroatoms. The SMILES string of the molecule is O=C(Oc1c(Cl)cc(Cl)cc1Cl)C(C(=O)Oc1c(Cl)cc(Cl)cc1Cl)c1ccc(Cl)cc1. The van der Waals surface area contributed by atoms with Gasteiger partial charge in [0.05, 0.1) is 20.1 Å². The van der Waals surface area contributed by atoms with Crippen LogP contribution in [-0.4, -0.2) is 11.9 Å². The van der Waals surface area contributed by atoms with E-state index in [0.717, 1.165) is 0 Å². The molecule has 0 aromatic heterocycles. The summed E-state index contributed by atoms with van der Waals surface area (Å²) >= 11 is 42.0. The Kier molecular flexibility index (Phi) is 8.45. The zero-order valence-electron chi connectivity index (χ0n) is 15.5. The molecule has 0 bridgehead atoms. The van der Waals surface area contributed by atoms with Crippen LogP contribution in [0.1, 0.15) is 11.5 Å². The first-order valence-corrected chi connectivity index (χ1v) is 11.2. The average molecular weight is 573 g/mol. The van der Waals surface area contributed by atoms with E-state index in [1.807, 2.05) is 0 Å². The molecule has 3 rings (SSSR count). The number of esters is 2. The van der Waals surface area contributed by atoms with Gasteiger partial charge in [-0.2, -0.15) is 0 Å². The maximum absolute atomic E-state index is 13.0. The van der Waals surface area contributed by atoms with Crippen LogP contribution in [0.15, 0.2) is 48.5 Å². The molecule has 0 heterocycles. The first kappa shape index (κ1) is 25.3. The highest BCUT2D eigenvalue weighted by molar-refractivity contribution is 6.41. The maximum atomic E-state index is 13.0. The summed E-state index contributed by atoms with van der Waals surface area (Å²) in [5, 5.41) is 0.763. The molecule has 166 valence electrons. The third-order valence-electron chi connectivity index (χ3n) is 4.01. The monoisotopic (exact) mass is 570 g/mol. The smallest absolute Gasteiger partial charge is 0.330 e. The van der Waals surface area contributed by atoms with Gasteiger partial charge in [-0.25, -0.2) is 0 Å². The van der Waals surface area contributed by atoms with Crippen molar-refractivity contribution in [3.63, 3.8) is 0 Å². The molecule has 0 spiro atoms. The highest BCUT2D eigenvalue weighted by Crippen LogP contribution is 2.39. The number of carbonyl (C=O) groups is 2. The fourth-order valence-electron chi connectivity index (χ4n) is 2.60. The van der Waals surface area contributed by atoms with Crippen molar-refractivity contribution in [2.75, 3.05) is 0 Å². The van der Waals surface area contributed by atoms with Crippen molar-refractivity contribution in [1.82, 2.24) is 0 Å². The Bertz CT molecular complexity index is 1080. The van der Waals surface area contributed by atoms with Gasteiger partial charge in [0.15, 0.2) is 17.4 Å². The number of benzene rings is 3. The van der Waals surface area contributed by atoms with Crippen molar-refractivity contribution in [1.29, 1.82) is 0 Å². The second kappa shape index (κ2) is 10.7. The summed E-state index contributed by atoms with van der Waals surface area (Å²) in [6.45, 7) is 0. The zero-order valence-corrected chi connectivity index (χ0v) is 20.8. The largest absolute Gasteiger partial charge is 0.422 e. The molecule has 0 amide bonds. The van der Waals surface area contributed by atoms with Gasteiger partial charge in [0.25, 0.3) is 0 Å². The Morgan fingerprint density at radius 1 is 0.562 bits per heavy atom. The van der Waals surface area contributed by atoms with Gasteiger partial charge in [0.2, 0.25) is 0 Å². The second-order valence-electron chi connectivity index (χ2n) is 6.22. The van der Waals surface area contributed by atoms with Crippen LogP contribution in [0.4, 0.5) is 0 Å². The molecule has 0 unspecified atom stereocenters. The normalized spacial score (nSPS) is 10.9. The average Bonchev–Trinajstić information content (AvgIpc) is 2.69. The van der Waals surface area contributed by atoms with Crippen molar-refractivity contribution in [3.05, 3.63) is 89.3 Å². The summed E-state index contributed by atoms with van der Waals surface area (Å²) < 4.78 is 10.7. The number of hydrogen-bond donors (Lipinski definition) is 0. The van der Waals surface area contributed by atoms with Crippen LogP contribution < -0.4 is 9.47 Å². The Morgan fingerprint density at radius 3 is 1.25 bits per heavy atom. The highest BCUT2D eigenvalue weighted by Gasteiger charge is 2.34. The molecule has 0 saturated carbocycles. The highest BCUT2D eigenvalue weighted by atomic mass is 35.5. The van der Waals surface area contributed by atoms with Gasteiger partial charge >= 0.3 is 11.9 Å². The van der Waals surface area contributed by atoms with E-state index >= 15 is 0 Å². The molecule has 4 nitrogen and oxygen atoms in total. The van der Waals surface area contributed by atoms with E-state index in [9.17, 15) is 9.59 Å². The van der Waals surface area contributed by atoms with E-state index in [-0.39, 0.29) is 47.2 Å². The van der Waals surface area contributed by atoms with Crippen molar-refractivity contribution in [2.45, 2.75) is 5.92 Å². The summed E-state index contributed by atoms with van der Waals surface area (Å²) in [6.07, 6.45) is 0. The van der Waals surface area contributed by atoms with E-state index in [2.05, 4.69) is 0 Å². The van der Waals surface area contributed by atoms with E-state index in [0.29, 0.717) is 5.02 Å². The predicted octanol–water partition coefficient (Wildman–Crippen LogP) is 8.56. The van der Waals surface area contributed by atoms with Gasteiger partial charge in [0.1, 0.15) is 0 Å². The summed E-state index contributed by atoms with van der Waals surface area (Å²) in [6, 6.07) is 11.3. The molecular weight excluding hydrogens is 564 g/mol. The molecule has 32 heavy (non-hydrogen) atoms. The zero-order chi connectivity index (χ0) is 23.6. The lowest BCUT2D eigenvalue weighted by molar-refractivity contribution is -0.147. The molecule has 0 aliphatic carbocycles. The Hall–Kier alpha value is -1.37. The van der Waals surface area contributed by atoms with Gasteiger partial charge in [-0.15, -0.1) is 0 Å². The summed E-state index contributed by atoms with van der Waals surface area (Å²) in [7, 11) is 0. The molecular formula is C21H9Cl7O4. The van der Waals surface area contributed by atoms with Gasteiger partial charge < -0.3 is 9.47 Å². The maximum Gasteiger partial charge on any atom is 0.330 e. The minimum atomic E-state index is -1.56. The molecule has 0 aliphatic rings. The number of rotatable bonds is 5. The molecule has 0 aliphatic heterocycles. The van der Waals surface area contributed by atoms with Crippen LogP contribution >= 0.6 is 81.2 Å². The Labute approximate surface area is 217 Å². The predicted molar refractivity (Wildman–Crippen MR) is 128 cm³/mol. The number of halogens is 7. The number of hydrogen-bond acceptors (Lipinski definition) is 4. The van der Waals surface area contributed by atoms with Gasteiger partial charge in [-0.1, -0.05) is 93.3 Å². The van der Waals surface area contributed by atoms with Crippen molar-refractivity contribution in [2.24, 2.45) is 0 Å². The van der Waals surface area contributed by atoms with E-state index < -0.39 is 17.9 Å². The Balaban J connectivity index is 1.98. The van der Waals surface area contributed by atoms with Crippen molar-refractivity contribution >= 4 is 93.1 Å². The molecule has 0 radical (unpaired) electrons. The second-order valence-corrected chi connectivity index (χ2v) is 9.16. The van der Waals surface area contributed by atoms with Crippen LogP contribution in [0.3, 0.4) is 0 Å². The van der Waals surface area contributed by atoms with Gasteiger partial charge in [-0.3, -0.25) is 9.59 Å². The topological polar surface area (TPSA) is 52.6 Å². The van der Waals surface area contributed by atoms with E-state index in [4.69, 9.17) is 90.7 Å². The molecule has 3 aromatic rings. The van der Waals surface area contributed by atoms with Crippen LogP contribution in [-0.2, 0) is 9.59 Å². The first-order valence-electron chi connectivity index (χ1n) is 8.54. The number of ether oxygens (including phenoxy) is 2. The van der Waals surface area contributed by atoms with E-state index in [1.54, 1.807) is 0 Å². The minimum absolute atomic E-state index is 0.0251. The van der Waals surface area contributed by atoms with Crippen LogP contribution in [0.2, 0.25) is 35.2 Å². The summed E-state index contributed by atoms with van der Waals surface area (Å²) in [5.74, 6) is -3.94. The quantitative estimate of drug-likeness (QED) is 0.174. The molecule has 0 atom stereocenters. The standard InChI is InChI=1S/C21H9Cl7O4/c22-10-3-1-9(2-4-10)17(20(29)31-18-13(25)5-11(23)6-14(18)26)21(30)32-19-15(27)7-12(24)8-16(19)28/h1-8,17H. The minimum Gasteiger partial charge on any atom is -0.422 e. The number of carbonyl (C=O) groups excluding carboxylic acids is 2. The fraction of sp³-hybridized carbons (Fsp3) is 0.0476. The third-order valence-corrected chi connectivity index (χ3v) is 5.82. The van der Waals surface area contributed by atoms with Gasteiger partial charge in [-0.05, 0) is 42.0 Å². The molecule has 0 N–H and O–H groups in total. The third kappa shape index (κ3) is 5.95. The lowest BCUT2D eigenvalue weighted by Gasteiger charge is -2.17. The Morgan fingerprint density at radius 2 is 0.906 bits per heavy atom.